The average Bonchev–Trinajstić information content (AvgIpc) is 2.64. The number of unbranched alkanes of at least 4 members (excludes halogenated alkanes) is 1. The third-order valence-corrected chi connectivity index (χ3v) is 7.07. The van der Waals surface area contributed by atoms with Crippen molar-refractivity contribution >= 4 is 21.9 Å². The highest BCUT2D eigenvalue weighted by molar-refractivity contribution is 9.10. The summed E-state index contributed by atoms with van der Waals surface area (Å²) in [5.41, 5.74) is 2.71. The van der Waals surface area contributed by atoms with Crippen LogP contribution in [-0.2, 0) is 11.3 Å². The average molecular weight is 434 g/mol. The smallest absolute Gasteiger partial charge is 0.303 e. The molecule has 3 nitrogen and oxygen atoms in total. The Balaban J connectivity index is 1.54. The van der Waals surface area contributed by atoms with Gasteiger partial charge in [-0.3, -0.25) is 4.79 Å². The van der Waals surface area contributed by atoms with Gasteiger partial charge in [-0.05, 0) is 98.9 Å². The van der Waals surface area contributed by atoms with E-state index in [0.717, 1.165) is 48.2 Å². The van der Waals surface area contributed by atoms with Crippen molar-refractivity contribution in [2.24, 2.45) is 23.7 Å². The van der Waals surface area contributed by atoms with E-state index in [1.807, 2.05) is 0 Å². The highest BCUT2D eigenvalue weighted by Gasteiger charge is 2.41. The van der Waals surface area contributed by atoms with Crippen molar-refractivity contribution in [2.75, 3.05) is 6.54 Å². The number of halogens is 1. The first-order chi connectivity index (χ1) is 13.0. The van der Waals surface area contributed by atoms with Crippen LogP contribution in [0.2, 0.25) is 0 Å². The molecule has 3 saturated carbocycles. The number of carboxylic acids is 1. The van der Waals surface area contributed by atoms with Crippen LogP contribution < -0.4 is 5.32 Å². The van der Waals surface area contributed by atoms with E-state index in [1.165, 1.54) is 36.8 Å². The first kappa shape index (κ1) is 20.6. The SMILES string of the molecule is Cc1cc(Br)ccc1CNC[C@H]1C2CCC(CC2)[C@@H]1/C=C\CCCC(=O)O. The standard InChI is InChI=1S/C23H32BrNO2/c1-16-13-20(24)12-11-19(16)14-25-15-22-18-9-7-17(8-10-18)21(22)5-3-2-4-6-23(26)27/h3,5,11-13,17-18,21-22,25H,2,4,6-10,14-15H2,1H3,(H,26,27)/b5-3-/t17?,18?,21-,22-/m0/s1. The summed E-state index contributed by atoms with van der Waals surface area (Å²) in [4.78, 5) is 10.7. The van der Waals surface area contributed by atoms with Gasteiger partial charge in [-0.1, -0.05) is 34.1 Å². The van der Waals surface area contributed by atoms with Crippen LogP contribution in [0.3, 0.4) is 0 Å². The summed E-state index contributed by atoms with van der Waals surface area (Å²) >= 11 is 3.54. The number of nitrogens with one attached hydrogen (secondary N) is 1. The van der Waals surface area contributed by atoms with Crippen LogP contribution in [0, 0.1) is 30.6 Å². The van der Waals surface area contributed by atoms with Crippen molar-refractivity contribution in [3.8, 4) is 0 Å². The fourth-order valence-corrected chi connectivity index (χ4v) is 5.56. The predicted molar refractivity (Wildman–Crippen MR) is 114 cm³/mol. The molecular weight excluding hydrogens is 402 g/mol. The van der Waals surface area contributed by atoms with Crippen molar-refractivity contribution in [2.45, 2.75) is 58.4 Å². The van der Waals surface area contributed by atoms with Gasteiger partial charge in [-0.2, -0.15) is 0 Å². The minimum Gasteiger partial charge on any atom is -0.481 e. The van der Waals surface area contributed by atoms with Crippen LogP contribution in [0.15, 0.2) is 34.8 Å². The monoisotopic (exact) mass is 433 g/mol. The molecule has 4 rings (SSSR count). The lowest BCUT2D eigenvalue weighted by Gasteiger charge is -2.48. The first-order valence-corrected chi connectivity index (χ1v) is 11.2. The van der Waals surface area contributed by atoms with Crippen molar-refractivity contribution in [1.29, 1.82) is 0 Å². The molecule has 27 heavy (non-hydrogen) atoms. The molecule has 0 saturated heterocycles. The van der Waals surface area contributed by atoms with E-state index in [1.54, 1.807) is 0 Å². The maximum absolute atomic E-state index is 10.7. The molecule has 0 radical (unpaired) electrons. The normalized spacial score (nSPS) is 27.3. The van der Waals surface area contributed by atoms with E-state index >= 15 is 0 Å². The maximum atomic E-state index is 10.7. The summed E-state index contributed by atoms with van der Waals surface area (Å²) < 4.78 is 1.14. The van der Waals surface area contributed by atoms with Gasteiger partial charge in [0.25, 0.3) is 0 Å². The van der Waals surface area contributed by atoms with E-state index in [-0.39, 0.29) is 6.42 Å². The Hall–Kier alpha value is -1.13. The number of carbonyl (C=O) groups is 1. The Kier molecular flexibility index (Phi) is 7.54. The van der Waals surface area contributed by atoms with E-state index < -0.39 is 5.97 Å². The predicted octanol–water partition coefficient (Wildman–Crippen LogP) is 5.71. The van der Waals surface area contributed by atoms with Gasteiger partial charge in [-0.25, -0.2) is 0 Å². The van der Waals surface area contributed by atoms with Crippen molar-refractivity contribution < 1.29 is 9.90 Å². The zero-order valence-corrected chi connectivity index (χ0v) is 17.9. The fourth-order valence-electron chi connectivity index (χ4n) is 5.08. The topological polar surface area (TPSA) is 49.3 Å². The van der Waals surface area contributed by atoms with Crippen LogP contribution in [0.1, 0.15) is 56.1 Å². The van der Waals surface area contributed by atoms with Crippen LogP contribution >= 0.6 is 15.9 Å². The Bertz CT molecular complexity index is 664. The molecular formula is C23H32BrNO2. The second-order valence-electron chi connectivity index (χ2n) is 8.33. The molecule has 3 aliphatic rings. The molecule has 0 aromatic heterocycles. The van der Waals surface area contributed by atoms with Gasteiger partial charge in [-0.15, -0.1) is 0 Å². The number of hydrogen-bond acceptors (Lipinski definition) is 2. The highest BCUT2D eigenvalue weighted by Crippen LogP contribution is 2.49. The molecule has 0 aliphatic heterocycles. The minimum absolute atomic E-state index is 0.276. The van der Waals surface area contributed by atoms with Gasteiger partial charge in [0.2, 0.25) is 0 Å². The van der Waals surface area contributed by atoms with Gasteiger partial charge >= 0.3 is 5.97 Å². The number of rotatable bonds is 9. The summed E-state index contributed by atoms with van der Waals surface area (Å²) in [6.45, 7) is 4.19. The Morgan fingerprint density at radius 1 is 1.26 bits per heavy atom. The molecule has 2 N–H and O–H groups in total. The molecule has 2 bridgehead atoms. The maximum Gasteiger partial charge on any atom is 0.303 e. The summed E-state index contributed by atoms with van der Waals surface area (Å²) in [6, 6.07) is 6.51. The van der Waals surface area contributed by atoms with Crippen LogP contribution in [0.5, 0.6) is 0 Å². The highest BCUT2D eigenvalue weighted by atomic mass is 79.9. The van der Waals surface area contributed by atoms with E-state index in [0.29, 0.717) is 5.92 Å². The second kappa shape index (κ2) is 9.88. The van der Waals surface area contributed by atoms with Crippen LogP contribution in [-0.4, -0.2) is 17.6 Å². The number of benzene rings is 1. The number of aliphatic carboxylic acids is 1. The molecule has 1 aromatic carbocycles. The van der Waals surface area contributed by atoms with Gasteiger partial charge < -0.3 is 10.4 Å². The molecule has 3 fully saturated rings. The van der Waals surface area contributed by atoms with Gasteiger partial charge in [0.1, 0.15) is 0 Å². The third-order valence-electron chi connectivity index (χ3n) is 6.58. The van der Waals surface area contributed by atoms with Crippen molar-refractivity contribution in [1.82, 2.24) is 5.32 Å². The fraction of sp³-hybridized carbons (Fsp3) is 0.609. The molecule has 0 spiro atoms. The lowest BCUT2D eigenvalue weighted by Crippen LogP contribution is -2.43. The van der Waals surface area contributed by atoms with Gasteiger partial charge in [0.05, 0.1) is 0 Å². The van der Waals surface area contributed by atoms with E-state index in [9.17, 15) is 4.79 Å². The number of allylic oxidation sites excluding steroid dienone is 2. The number of hydrogen-bond donors (Lipinski definition) is 2. The molecule has 0 unspecified atom stereocenters. The summed E-state index contributed by atoms with van der Waals surface area (Å²) in [6.07, 6.45) is 12.1. The molecule has 148 valence electrons. The molecule has 2 atom stereocenters. The van der Waals surface area contributed by atoms with Crippen LogP contribution in [0.25, 0.3) is 0 Å². The van der Waals surface area contributed by atoms with Gasteiger partial charge in [0, 0.05) is 17.4 Å². The van der Waals surface area contributed by atoms with E-state index in [2.05, 4.69) is 58.5 Å². The molecule has 0 heterocycles. The van der Waals surface area contributed by atoms with Gasteiger partial charge in [0.15, 0.2) is 0 Å². The second-order valence-corrected chi connectivity index (χ2v) is 9.25. The lowest BCUT2D eigenvalue weighted by atomic mass is 9.58. The molecule has 1 aromatic rings. The number of fused-ring (bicyclic) bond motifs is 3. The van der Waals surface area contributed by atoms with Crippen molar-refractivity contribution in [3.05, 3.63) is 46.0 Å². The molecule has 4 heteroatoms. The zero-order chi connectivity index (χ0) is 19.2. The Labute approximate surface area is 171 Å². The summed E-state index contributed by atoms with van der Waals surface area (Å²) in [7, 11) is 0. The minimum atomic E-state index is -0.689. The van der Waals surface area contributed by atoms with E-state index in [4.69, 9.17) is 5.11 Å². The molecule has 3 aliphatic carbocycles. The summed E-state index contributed by atoms with van der Waals surface area (Å²) in [5.74, 6) is 2.38. The quantitative estimate of drug-likeness (QED) is 0.387. The number of aryl methyl sites for hydroxylation is 1. The third kappa shape index (κ3) is 5.68. The largest absolute Gasteiger partial charge is 0.481 e. The Morgan fingerprint density at radius 3 is 2.70 bits per heavy atom. The lowest BCUT2D eigenvalue weighted by molar-refractivity contribution is -0.137. The molecule has 0 amide bonds. The van der Waals surface area contributed by atoms with Crippen molar-refractivity contribution in [3.63, 3.8) is 0 Å². The number of carboxylic acid groups (broad SMARTS) is 1. The Morgan fingerprint density at radius 2 is 2.00 bits per heavy atom. The first-order valence-electron chi connectivity index (χ1n) is 10.4. The van der Waals surface area contributed by atoms with Crippen LogP contribution in [0.4, 0.5) is 0 Å². The zero-order valence-electron chi connectivity index (χ0n) is 16.3. The summed E-state index contributed by atoms with van der Waals surface area (Å²) in [5, 5.41) is 12.5.